The molecule has 1 aliphatic rings. The number of carbonyl (C=O) groups excluding carboxylic acids is 4. The van der Waals surface area contributed by atoms with E-state index < -0.39 is 17.6 Å². The van der Waals surface area contributed by atoms with Crippen LogP contribution in [0.5, 0.6) is 0 Å². The van der Waals surface area contributed by atoms with Crippen molar-refractivity contribution in [2.24, 2.45) is 0 Å². The minimum absolute atomic E-state index is 0.00427. The summed E-state index contributed by atoms with van der Waals surface area (Å²) in [5, 5.41) is 4.65. The summed E-state index contributed by atoms with van der Waals surface area (Å²) < 4.78 is 0. The van der Waals surface area contributed by atoms with Crippen LogP contribution in [0.4, 0.5) is 5.69 Å². The van der Waals surface area contributed by atoms with E-state index in [1.165, 1.54) is 18.2 Å². The molecule has 24 heavy (non-hydrogen) atoms. The van der Waals surface area contributed by atoms with Gasteiger partial charge in [-0.05, 0) is 30.2 Å². The lowest BCUT2D eigenvalue weighted by atomic mass is 9.98. The number of carbonyl (C=O) groups is 4. The summed E-state index contributed by atoms with van der Waals surface area (Å²) in [6, 6.07) is 13.9. The fourth-order valence-corrected chi connectivity index (χ4v) is 2.48. The highest BCUT2D eigenvalue weighted by Gasteiger charge is 2.30. The van der Waals surface area contributed by atoms with Crippen molar-refractivity contribution in [3.05, 3.63) is 65.2 Å². The summed E-state index contributed by atoms with van der Waals surface area (Å²) in [7, 11) is 0. The van der Waals surface area contributed by atoms with E-state index in [-0.39, 0.29) is 23.5 Å². The number of anilines is 1. The zero-order chi connectivity index (χ0) is 17.1. The fraction of sp³-hybridized carbons (Fsp3) is 0.111. The summed E-state index contributed by atoms with van der Waals surface area (Å²) in [6.07, 6.45) is 0.881. The van der Waals surface area contributed by atoms with Gasteiger partial charge in [-0.2, -0.15) is 0 Å². The predicted octanol–water partition coefficient (Wildman–Crippen LogP) is 1.71. The molecule has 120 valence electrons. The first-order valence-corrected chi connectivity index (χ1v) is 7.42. The lowest BCUT2D eigenvalue weighted by molar-refractivity contribution is -0.116. The van der Waals surface area contributed by atoms with Gasteiger partial charge < -0.3 is 5.32 Å². The summed E-state index contributed by atoms with van der Waals surface area (Å²) in [4.78, 5) is 46.9. The molecule has 0 radical (unpaired) electrons. The van der Waals surface area contributed by atoms with Crippen molar-refractivity contribution in [3.8, 4) is 0 Å². The number of rotatable bonds is 4. The van der Waals surface area contributed by atoms with Crippen LogP contribution in [0, 0.1) is 0 Å². The van der Waals surface area contributed by atoms with Crippen molar-refractivity contribution in [3.63, 3.8) is 0 Å². The normalized spacial score (nSPS) is 13.2. The van der Waals surface area contributed by atoms with Gasteiger partial charge in [0.15, 0.2) is 0 Å². The zero-order valence-electron chi connectivity index (χ0n) is 12.7. The van der Waals surface area contributed by atoms with Crippen LogP contribution in [0.25, 0.3) is 0 Å². The second kappa shape index (κ2) is 6.45. The van der Waals surface area contributed by atoms with E-state index in [0.29, 0.717) is 12.1 Å². The minimum Gasteiger partial charge on any atom is -0.326 e. The highest BCUT2D eigenvalue weighted by molar-refractivity contribution is 6.49. The van der Waals surface area contributed by atoms with Gasteiger partial charge in [-0.1, -0.05) is 30.3 Å². The number of nitrogens with one attached hydrogen (secondary N) is 2. The van der Waals surface area contributed by atoms with Gasteiger partial charge in [0.1, 0.15) is 0 Å². The van der Waals surface area contributed by atoms with Gasteiger partial charge in [0.05, 0.1) is 5.56 Å². The zero-order valence-corrected chi connectivity index (χ0v) is 12.7. The molecule has 2 aromatic rings. The summed E-state index contributed by atoms with van der Waals surface area (Å²) >= 11 is 0. The van der Waals surface area contributed by atoms with Gasteiger partial charge >= 0.3 is 0 Å². The van der Waals surface area contributed by atoms with Crippen molar-refractivity contribution in [1.82, 2.24) is 5.32 Å². The number of imide groups is 1. The van der Waals surface area contributed by atoms with Crippen molar-refractivity contribution in [2.75, 3.05) is 5.32 Å². The van der Waals surface area contributed by atoms with Gasteiger partial charge in [0, 0.05) is 17.7 Å². The Labute approximate surface area is 137 Å². The summed E-state index contributed by atoms with van der Waals surface area (Å²) in [5.41, 5.74) is 1.56. The maximum Gasteiger partial charge on any atom is 0.299 e. The molecule has 0 bridgehead atoms. The molecule has 0 spiro atoms. The smallest absolute Gasteiger partial charge is 0.299 e. The van der Waals surface area contributed by atoms with E-state index in [2.05, 4.69) is 5.32 Å². The molecule has 1 heterocycles. The quantitative estimate of drug-likeness (QED) is 0.662. The summed E-state index contributed by atoms with van der Waals surface area (Å²) in [6.45, 7) is 0. The van der Waals surface area contributed by atoms with Crippen LogP contribution in [0.15, 0.2) is 48.5 Å². The van der Waals surface area contributed by atoms with E-state index in [9.17, 15) is 19.2 Å². The lowest BCUT2D eigenvalue weighted by Crippen LogP contribution is -2.42. The molecular formula is C18H14N2O4. The van der Waals surface area contributed by atoms with E-state index in [1.807, 2.05) is 35.6 Å². The third kappa shape index (κ3) is 3.22. The number of hydrogen-bond donors (Lipinski definition) is 2. The molecule has 3 rings (SSSR count). The number of amides is 3. The first kappa shape index (κ1) is 15.6. The Kier molecular flexibility index (Phi) is 4.20. The van der Waals surface area contributed by atoms with Crippen molar-refractivity contribution in [1.29, 1.82) is 0 Å². The van der Waals surface area contributed by atoms with Crippen molar-refractivity contribution < 1.29 is 19.2 Å². The monoisotopic (exact) mass is 322 g/mol. The number of aryl methyl sites for hydroxylation is 1. The van der Waals surface area contributed by atoms with E-state index in [1.54, 1.807) is 0 Å². The van der Waals surface area contributed by atoms with Crippen molar-refractivity contribution in [2.45, 2.75) is 12.8 Å². The van der Waals surface area contributed by atoms with Crippen LogP contribution in [-0.2, 0) is 16.0 Å². The maximum atomic E-state index is 12.0. The Hall–Kier alpha value is -3.28. The van der Waals surface area contributed by atoms with Gasteiger partial charge in [-0.25, -0.2) is 0 Å². The molecule has 6 nitrogen and oxygen atoms in total. The van der Waals surface area contributed by atoms with Gasteiger partial charge in [-0.3, -0.25) is 24.5 Å². The highest BCUT2D eigenvalue weighted by Crippen LogP contribution is 2.20. The van der Waals surface area contributed by atoms with E-state index in [0.717, 1.165) is 5.56 Å². The SMILES string of the molecule is O=C(CCc1ccccc1)Nc1ccc2c(c1)C(=O)C(=O)NC2=O. The molecule has 6 heteroatoms. The molecular weight excluding hydrogens is 308 g/mol. The molecule has 2 N–H and O–H groups in total. The molecule has 2 aromatic carbocycles. The lowest BCUT2D eigenvalue weighted by Gasteiger charge is -2.15. The highest BCUT2D eigenvalue weighted by atomic mass is 16.2. The fourth-order valence-electron chi connectivity index (χ4n) is 2.48. The average molecular weight is 322 g/mol. The molecule has 0 aromatic heterocycles. The average Bonchev–Trinajstić information content (AvgIpc) is 2.59. The topological polar surface area (TPSA) is 92.3 Å². The molecule has 0 saturated heterocycles. The first-order valence-electron chi connectivity index (χ1n) is 7.42. The van der Waals surface area contributed by atoms with Crippen LogP contribution in [-0.4, -0.2) is 23.5 Å². The van der Waals surface area contributed by atoms with Gasteiger partial charge in [0.25, 0.3) is 17.6 Å². The maximum absolute atomic E-state index is 12.0. The Balaban J connectivity index is 1.70. The second-order valence-electron chi connectivity index (χ2n) is 5.41. The third-order valence-electron chi connectivity index (χ3n) is 3.71. The molecule has 0 saturated carbocycles. The van der Waals surface area contributed by atoms with Gasteiger partial charge in [-0.15, -0.1) is 0 Å². The Bertz CT molecular complexity index is 843. The molecule has 0 atom stereocenters. The van der Waals surface area contributed by atoms with Crippen molar-refractivity contribution >= 4 is 29.2 Å². The van der Waals surface area contributed by atoms with Crippen LogP contribution >= 0.6 is 0 Å². The Morgan fingerprint density at radius 3 is 2.42 bits per heavy atom. The number of ketones is 1. The van der Waals surface area contributed by atoms with Crippen LogP contribution in [0.3, 0.4) is 0 Å². The second-order valence-corrected chi connectivity index (χ2v) is 5.41. The molecule has 0 unspecified atom stereocenters. The molecule has 1 aliphatic heterocycles. The summed E-state index contributed by atoms with van der Waals surface area (Å²) in [5.74, 6) is -2.57. The van der Waals surface area contributed by atoms with Crippen LogP contribution in [0.1, 0.15) is 32.7 Å². The predicted molar refractivity (Wildman–Crippen MR) is 86.6 cm³/mol. The number of hydrogen-bond acceptors (Lipinski definition) is 4. The number of fused-ring (bicyclic) bond motifs is 1. The Morgan fingerprint density at radius 2 is 1.67 bits per heavy atom. The van der Waals surface area contributed by atoms with Crippen LogP contribution in [0.2, 0.25) is 0 Å². The first-order chi connectivity index (χ1) is 11.5. The minimum atomic E-state index is -0.958. The van der Waals surface area contributed by atoms with Gasteiger partial charge in [0.2, 0.25) is 5.91 Å². The Morgan fingerprint density at radius 1 is 0.917 bits per heavy atom. The number of Topliss-reactive ketones (excluding diaryl/α,β-unsaturated/α-hetero) is 1. The number of benzene rings is 2. The molecule has 3 amide bonds. The standard InChI is InChI=1S/C18H14N2O4/c21-15(9-6-11-4-2-1-3-5-11)19-12-7-8-13-14(10-12)16(22)18(24)20-17(13)23/h1-5,7-8,10H,6,9H2,(H,19,21)(H,20,23,24). The third-order valence-corrected chi connectivity index (χ3v) is 3.71. The van der Waals surface area contributed by atoms with E-state index >= 15 is 0 Å². The molecule has 0 aliphatic carbocycles. The molecule has 0 fully saturated rings. The van der Waals surface area contributed by atoms with E-state index in [4.69, 9.17) is 0 Å². The van der Waals surface area contributed by atoms with Crippen LogP contribution < -0.4 is 10.6 Å². The largest absolute Gasteiger partial charge is 0.326 e.